The SMILES string of the molecule is Cc1ccc(C(=O)NOC(=O)c2cnccn2)c2ccccc12. The molecule has 1 heterocycles. The van der Waals surface area contributed by atoms with Crippen molar-refractivity contribution in [3.63, 3.8) is 0 Å². The maximum absolute atomic E-state index is 12.3. The van der Waals surface area contributed by atoms with Crippen LogP contribution in [-0.2, 0) is 4.84 Å². The zero-order chi connectivity index (χ0) is 16.2. The Morgan fingerprint density at radius 1 is 1.04 bits per heavy atom. The van der Waals surface area contributed by atoms with Gasteiger partial charge in [0.15, 0.2) is 5.69 Å². The molecule has 0 bridgehead atoms. The lowest BCUT2D eigenvalue weighted by Crippen LogP contribution is -2.27. The van der Waals surface area contributed by atoms with Gasteiger partial charge in [-0.15, -0.1) is 0 Å². The number of aryl methyl sites for hydroxylation is 1. The molecule has 6 heteroatoms. The van der Waals surface area contributed by atoms with Gasteiger partial charge in [-0.3, -0.25) is 9.78 Å². The van der Waals surface area contributed by atoms with E-state index < -0.39 is 11.9 Å². The number of carbonyl (C=O) groups is 2. The summed E-state index contributed by atoms with van der Waals surface area (Å²) in [5, 5.41) is 1.76. The lowest BCUT2D eigenvalue weighted by atomic mass is 10.0. The van der Waals surface area contributed by atoms with Gasteiger partial charge in [0.2, 0.25) is 0 Å². The van der Waals surface area contributed by atoms with Crippen LogP contribution < -0.4 is 5.48 Å². The molecule has 0 aliphatic rings. The van der Waals surface area contributed by atoms with Crippen molar-refractivity contribution in [3.05, 3.63) is 71.8 Å². The van der Waals surface area contributed by atoms with E-state index in [0.717, 1.165) is 16.3 Å². The molecule has 0 aliphatic carbocycles. The summed E-state index contributed by atoms with van der Waals surface area (Å²) in [7, 11) is 0. The zero-order valence-corrected chi connectivity index (χ0v) is 12.3. The molecule has 0 radical (unpaired) electrons. The van der Waals surface area contributed by atoms with E-state index in [4.69, 9.17) is 4.84 Å². The molecule has 0 saturated heterocycles. The standard InChI is InChI=1S/C17H13N3O3/c1-11-6-7-14(13-5-3-2-4-12(11)13)16(21)20-23-17(22)15-10-18-8-9-19-15/h2-10H,1H3,(H,20,21). The Morgan fingerprint density at radius 3 is 2.57 bits per heavy atom. The van der Waals surface area contributed by atoms with E-state index in [1.807, 2.05) is 37.3 Å². The van der Waals surface area contributed by atoms with Gasteiger partial charge in [-0.05, 0) is 29.3 Å². The summed E-state index contributed by atoms with van der Waals surface area (Å²) in [6, 6.07) is 11.1. The molecule has 0 saturated carbocycles. The lowest BCUT2D eigenvalue weighted by Gasteiger charge is -2.09. The van der Waals surface area contributed by atoms with Crippen LogP contribution in [0.4, 0.5) is 0 Å². The third-order valence-corrected chi connectivity index (χ3v) is 3.40. The van der Waals surface area contributed by atoms with Crippen LogP contribution in [0.5, 0.6) is 0 Å². The average molecular weight is 307 g/mol. The normalized spacial score (nSPS) is 10.3. The molecular weight excluding hydrogens is 294 g/mol. The van der Waals surface area contributed by atoms with Crippen LogP contribution in [0.3, 0.4) is 0 Å². The van der Waals surface area contributed by atoms with Crippen molar-refractivity contribution in [2.75, 3.05) is 0 Å². The molecule has 1 aromatic heterocycles. The number of amides is 1. The predicted octanol–water partition coefficient (Wildman–Crippen LogP) is 2.44. The molecule has 0 spiro atoms. The summed E-state index contributed by atoms with van der Waals surface area (Å²) in [4.78, 5) is 36.4. The van der Waals surface area contributed by atoms with Gasteiger partial charge < -0.3 is 4.84 Å². The Bertz CT molecular complexity index is 879. The Kier molecular flexibility index (Phi) is 3.97. The fourth-order valence-corrected chi connectivity index (χ4v) is 2.25. The number of benzene rings is 2. The molecule has 3 aromatic rings. The number of hydroxylamine groups is 1. The summed E-state index contributed by atoms with van der Waals surface area (Å²) in [5.41, 5.74) is 3.66. The fraction of sp³-hybridized carbons (Fsp3) is 0.0588. The van der Waals surface area contributed by atoms with Gasteiger partial charge in [0.25, 0.3) is 5.91 Å². The van der Waals surface area contributed by atoms with Crippen LogP contribution in [0.2, 0.25) is 0 Å². The quantitative estimate of drug-likeness (QED) is 0.735. The second kappa shape index (κ2) is 6.23. The largest absolute Gasteiger partial charge is 0.382 e. The van der Waals surface area contributed by atoms with Gasteiger partial charge in [0.05, 0.1) is 11.8 Å². The lowest BCUT2D eigenvalue weighted by molar-refractivity contribution is 0.0224. The molecule has 0 unspecified atom stereocenters. The Balaban J connectivity index is 1.79. The Labute approximate surface area is 132 Å². The first kappa shape index (κ1) is 14.6. The summed E-state index contributed by atoms with van der Waals surface area (Å²) >= 11 is 0. The maximum atomic E-state index is 12.3. The average Bonchev–Trinajstić information content (AvgIpc) is 2.60. The molecule has 1 amide bonds. The molecule has 0 atom stereocenters. The second-order valence-corrected chi connectivity index (χ2v) is 4.89. The minimum atomic E-state index is -0.775. The topological polar surface area (TPSA) is 81.2 Å². The monoisotopic (exact) mass is 307 g/mol. The first-order chi connectivity index (χ1) is 11.2. The number of aromatic nitrogens is 2. The number of nitrogens with zero attached hydrogens (tertiary/aromatic N) is 2. The third kappa shape index (κ3) is 3.01. The Morgan fingerprint density at radius 2 is 1.83 bits per heavy atom. The number of hydrogen-bond acceptors (Lipinski definition) is 5. The molecule has 0 fully saturated rings. The molecule has 23 heavy (non-hydrogen) atoms. The minimum absolute atomic E-state index is 0.0153. The van der Waals surface area contributed by atoms with E-state index in [1.165, 1.54) is 18.6 Å². The van der Waals surface area contributed by atoms with Crippen LogP contribution in [0, 0.1) is 6.92 Å². The number of rotatable bonds is 2. The first-order valence-corrected chi connectivity index (χ1v) is 6.92. The van der Waals surface area contributed by atoms with Crippen molar-refractivity contribution in [3.8, 4) is 0 Å². The maximum Gasteiger partial charge on any atom is 0.382 e. The van der Waals surface area contributed by atoms with E-state index in [2.05, 4.69) is 15.4 Å². The van der Waals surface area contributed by atoms with Crippen molar-refractivity contribution < 1.29 is 14.4 Å². The van der Waals surface area contributed by atoms with E-state index in [9.17, 15) is 9.59 Å². The third-order valence-electron chi connectivity index (χ3n) is 3.40. The molecule has 114 valence electrons. The summed E-state index contributed by atoms with van der Waals surface area (Å²) in [5.74, 6) is -1.28. The van der Waals surface area contributed by atoms with Crippen LogP contribution in [0.1, 0.15) is 26.4 Å². The van der Waals surface area contributed by atoms with Crippen molar-refractivity contribution in [1.29, 1.82) is 0 Å². The van der Waals surface area contributed by atoms with Crippen molar-refractivity contribution >= 4 is 22.6 Å². The van der Waals surface area contributed by atoms with Gasteiger partial charge >= 0.3 is 5.97 Å². The molecule has 3 rings (SSSR count). The van der Waals surface area contributed by atoms with Gasteiger partial charge in [-0.2, -0.15) is 5.48 Å². The van der Waals surface area contributed by atoms with Crippen molar-refractivity contribution in [2.45, 2.75) is 6.92 Å². The molecule has 0 aliphatic heterocycles. The van der Waals surface area contributed by atoms with Crippen LogP contribution >= 0.6 is 0 Å². The van der Waals surface area contributed by atoms with E-state index in [0.29, 0.717) is 5.56 Å². The summed E-state index contributed by atoms with van der Waals surface area (Å²) in [6.07, 6.45) is 4.06. The highest BCUT2D eigenvalue weighted by atomic mass is 16.7. The van der Waals surface area contributed by atoms with Gasteiger partial charge in [-0.1, -0.05) is 30.3 Å². The molecule has 6 nitrogen and oxygen atoms in total. The van der Waals surface area contributed by atoms with Crippen LogP contribution in [0.25, 0.3) is 10.8 Å². The Hall–Kier alpha value is -3.28. The number of carbonyl (C=O) groups excluding carboxylic acids is 2. The number of nitrogens with one attached hydrogen (secondary N) is 1. The minimum Gasteiger partial charge on any atom is -0.333 e. The highest BCUT2D eigenvalue weighted by molar-refractivity contribution is 6.07. The highest BCUT2D eigenvalue weighted by Gasteiger charge is 2.15. The van der Waals surface area contributed by atoms with Crippen molar-refractivity contribution in [1.82, 2.24) is 15.4 Å². The summed E-state index contributed by atoms with van der Waals surface area (Å²) in [6.45, 7) is 1.97. The first-order valence-electron chi connectivity index (χ1n) is 6.92. The molecule has 2 aromatic carbocycles. The van der Waals surface area contributed by atoms with E-state index in [1.54, 1.807) is 6.07 Å². The van der Waals surface area contributed by atoms with Crippen LogP contribution in [-0.4, -0.2) is 21.8 Å². The number of hydrogen-bond donors (Lipinski definition) is 1. The predicted molar refractivity (Wildman–Crippen MR) is 83.6 cm³/mol. The summed E-state index contributed by atoms with van der Waals surface area (Å²) < 4.78 is 0. The fourth-order valence-electron chi connectivity index (χ4n) is 2.25. The van der Waals surface area contributed by atoms with Gasteiger partial charge in [0, 0.05) is 12.4 Å². The molecule has 1 N–H and O–H groups in total. The highest BCUT2D eigenvalue weighted by Crippen LogP contribution is 2.22. The zero-order valence-electron chi connectivity index (χ0n) is 12.3. The van der Waals surface area contributed by atoms with E-state index in [-0.39, 0.29) is 5.69 Å². The number of fused-ring (bicyclic) bond motifs is 1. The van der Waals surface area contributed by atoms with Gasteiger partial charge in [0.1, 0.15) is 0 Å². The van der Waals surface area contributed by atoms with Crippen LogP contribution in [0.15, 0.2) is 55.0 Å². The van der Waals surface area contributed by atoms with E-state index >= 15 is 0 Å². The smallest absolute Gasteiger partial charge is 0.333 e. The molecular formula is C17H13N3O3. The van der Waals surface area contributed by atoms with Crippen molar-refractivity contribution in [2.24, 2.45) is 0 Å². The second-order valence-electron chi connectivity index (χ2n) is 4.89. The van der Waals surface area contributed by atoms with Gasteiger partial charge in [-0.25, -0.2) is 9.78 Å².